The lowest BCUT2D eigenvalue weighted by Crippen LogP contribution is -2.31. The van der Waals surface area contributed by atoms with E-state index in [4.69, 9.17) is 10.00 Å². The Hall–Kier alpha value is -1.26. The molecule has 98 valence electrons. The van der Waals surface area contributed by atoms with Crippen molar-refractivity contribution in [3.8, 4) is 11.8 Å². The van der Waals surface area contributed by atoms with Gasteiger partial charge in [-0.1, -0.05) is 6.07 Å². The highest BCUT2D eigenvalue weighted by Gasteiger charge is 2.28. The Kier molecular flexibility index (Phi) is 4.99. The summed E-state index contributed by atoms with van der Waals surface area (Å²) in [5.41, 5.74) is 0.439. The molecule has 0 saturated heterocycles. The number of halogens is 4. The molecule has 0 aromatic heterocycles. The molecule has 18 heavy (non-hydrogen) atoms. The van der Waals surface area contributed by atoms with Crippen molar-refractivity contribution in [2.75, 3.05) is 13.7 Å². The molecule has 0 aliphatic carbocycles. The van der Waals surface area contributed by atoms with E-state index >= 15 is 0 Å². The van der Waals surface area contributed by atoms with Crippen LogP contribution >= 0.6 is 15.9 Å². The zero-order valence-corrected chi connectivity index (χ0v) is 11.0. The van der Waals surface area contributed by atoms with E-state index in [0.29, 0.717) is 15.8 Å². The molecular weight excluding hydrogens is 313 g/mol. The largest absolute Gasteiger partial charge is 0.496 e. The van der Waals surface area contributed by atoms with Gasteiger partial charge >= 0.3 is 6.18 Å². The minimum absolute atomic E-state index is 0.439. The van der Waals surface area contributed by atoms with Crippen molar-refractivity contribution in [3.63, 3.8) is 0 Å². The van der Waals surface area contributed by atoms with Gasteiger partial charge in [0.1, 0.15) is 11.8 Å². The van der Waals surface area contributed by atoms with Gasteiger partial charge in [0.2, 0.25) is 0 Å². The number of alkyl halides is 3. The number of nitrogens with one attached hydrogen (secondary N) is 1. The van der Waals surface area contributed by atoms with E-state index in [1.807, 2.05) is 0 Å². The predicted octanol–water partition coefficient (Wildman–Crippen LogP) is 3.17. The molecule has 7 heteroatoms. The molecule has 1 atom stereocenters. The highest BCUT2D eigenvalue weighted by atomic mass is 79.9. The molecule has 0 bridgehead atoms. The van der Waals surface area contributed by atoms with Gasteiger partial charge in [-0.3, -0.25) is 5.32 Å². The molecule has 0 radical (unpaired) electrons. The lowest BCUT2D eigenvalue weighted by molar-refractivity contribution is -0.125. The number of benzene rings is 1. The van der Waals surface area contributed by atoms with Crippen LogP contribution in [0.25, 0.3) is 0 Å². The lowest BCUT2D eigenvalue weighted by Gasteiger charge is -2.14. The van der Waals surface area contributed by atoms with Crippen LogP contribution in [0.1, 0.15) is 11.6 Å². The van der Waals surface area contributed by atoms with Gasteiger partial charge in [-0.15, -0.1) is 0 Å². The van der Waals surface area contributed by atoms with Crippen LogP contribution in [0.15, 0.2) is 22.7 Å². The van der Waals surface area contributed by atoms with Crippen LogP contribution in [0.2, 0.25) is 0 Å². The molecule has 1 rings (SSSR count). The van der Waals surface area contributed by atoms with Gasteiger partial charge in [0, 0.05) is 0 Å². The van der Waals surface area contributed by atoms with Gasteiger partial charge in [0.25, 0.3) is 0 Å². The van der Waals surface area contributed by atoms with E-state index in [2.05, 4.69) is 21.2 Å². The van der Waals surface area contributed by atoms with Crippen LogP contribution < -0.4 is 10.1 Å². The van der Waals surface area contributed by atoms with Crippen molar-refractivity contribution in [2.45, 2.75) is 12.2 Å². The Morgan fingerprint density at radius 3 is 2.61 bits per heavy atom. The topological polar surface area (TPSA) is 45.0 Å². The average molecular weight is 323 g/mol. The quantitative estimate of drug-likeness (QED) is 0.926. The van der Waals surface area contributed by atoms with Crippen LogP contribution in [-0.4, -0.2) is 19.8 Å². The molecule has 0 fully saturated rings. The van der Waals surface area contributed by atoms with E-state index in [1.165, 1.54) is 7.11 Å². The first-order valence-corrected chi connectivity index (χ1v) is 5.70. The summed E-state index contributed by atoms with van der Waals surface area (Å²) in [5, 5.41) is 11.0. The zero-order chi connectivity index (χ0) is 13.8. The zero-order valence-electron chi connectivity index (χ0n) is 9.38. The van der Waals surface area contributed by atoms with Gasteiger partial charge in [0.15, 0.2) is 0 Å². The minimum atomic E-state index is -4.35. The van der Waals surface area contributed by atoms with E-state index in [1.54, 1.807) is 24.3 Å². The third-order valence-electron chi connectivity index (χ3n) is 2.14. The lowest BCUT2D eigenvalue weighted by atomic mass is 10.1. The number of nitrogens with zero attached hydrogens (tertiary/aromatic N) is 1. The summed E-state index contributed by atoms with van der Waals surface area (Å²) in [4.78, 5) is 0. The third-order valence-corrected chi connectivity index (χ3v) is 2.76. The fraction of sp³-hybridized carbons (Fsp3) is 0.364. The summed E-state index contributed by atoms with van der Waals surface area (Å²) in [6.45, 7) is -1.21. The first kappa shape index (κ1) is 14.8. The number of hydrogen-bond acceptors (Lipinski definition) is 3. The molecule has 3 nitrogen and oxygen atoms in total. The summed E-state index contributed by atoms with van der Waals surface area (Å²) in [6, 6.07) is 5.44. The molecule has 1 unspecified atom stereocenters. The Bertz CT molecular complexity index is 457. The second-order valence-corrected chi connectivity index (χ2v) is 4.31. The van der Waals surface area contributed by atoms with Crippen LogP contribution in [0.4, 0.5) is 13.2 Å². The monoisotopic (exact) mass is 322 g/mol. The first-order valence-electron chi connectivity index (χ1n) is 4.90. The van der Waals surface area contributed by atoms with E-state index in [-0.39, 0.29) is 0 Å². The summed E-state index contributed by atoms with van der Waals surface area (Å²) in [7, 11) is 1.48. The molecule has 0 aliphatic rings. The number of hydrogen-bond donors (Lipinski definition) is 1. The van der Waals surface area contributed by atoms with Gasteiger partial charge in [-0.25, -0.2) is 0 Å². The number of rotatable bonds is 4. The molecule has 0 heterocycles. The van der Waals surface area contributed by atoms with Crippen LogP contribution in [-0.2, 0) is 0 Å². The summed E-state index contributed by atoms with van der Waals surface area (Å²) >= 11 is 3.21. The summed E-state index contributed by atoms with van der Waals surface area (Å²) in [5.74, 6) is 0.547. The highest BCUT2D eigenvalue weighted by molar-refractivity contribution is 9.10. The van der Waals surface area contributed by atoms with Crippen LogP contribution in [0, 0.1) is 11.3 Å². The Morgan fingerprint density at radius 1 is 1.50 bits per heavy atom. The van der Waals surface area contributed by atoms with Crippen molar-refractivity contribution in [1.29, 1.82) is 5.26 Å². The number of nitriles is 1. The molecule has 0 aliphatic heterocycles. The van der Waals surface area contributed by atoms with E-state index in [9.17, 15) is 13.2 Å². The SMILES string of the molecule is COc1ccc(C(C#N)NCC(F)(F)F)cc1Br. The van der Waals surface area contributed by atoms with E-state index in [0.717, 1.165) is 0 Å². The van der Waals surface area contributed by atoms with Gasteiger partial charge in [-0.05, 0) is 33.6 Å². The molecule has 1 aromatic carbocycles. The summed E-state index contributed by atoms with van der Waals surface area (Å²) < 4.78 is 41.8. The second kappa shape index (κ2) is 6.07. The molecule has 0 saturated carbocycles. The van der Waals surface area contributed by atoms with Gasteiger partial charge in [0.05, 0.1) is 24.2 Å². The number of methoxy groups -OCH3 is 1. The highest BCUT2D eigenvalue weighted by Crippen LogP contribution is 2.28. The number of ether oxygens (including phenoxy) is 1. The predicted molar refractivity (Wildman–Crippen MR) is 63.1 cm³/mol. The normalized spacial score (nSPS) is 12.9. The maximum absolute atomic E-state index is 12.1. The average Bonchev–Trinajstić information content (AvgIpc) is 2.28. The van der Waals surface area contributed by atoms with Crippen molar-refractivity contribution in [2.24, 2.45) is 0 Å². The molecule has 1 N–H and O–H groups in total. The minimum Gasteiger partial charge on any atom is -0.496 e. The fourth-order valence-electron chi connectivity index (χ4n) is 1.32. The maximum Gasteiger partial charge on any atom is 0.401 e. The third kappa shape index (κ3) is 4.20. The van der Waals surface area contributed by atoms with Crippen LogP contribution in [0.3, 0.4) is 0 Å². The van der Waals surface area contributed by atoms with Crippen molar-refractivity contribution >= 4 is 15.9 Å². The smallest absolute Gasteiger partial charge is 0.401 e. The van der Waals surface area contributed by atoms with Crippen LogP contribution in [0.5, 0.6) is 5.75 Å². The Labute approximate surface area is 111 Å². The maximum atomic E-state index is 12.1. The molecule has 1 aromatic rings. The second-order valence-electron chi connectivity index (χ2n) is 3.45. The Morgan fingerprint density at radius 2 is 2.17 bits per heavy atom. The van der Waals surface area contributed by atoms with Crippen molar-refractivity contribution in [1.82, 2.24) is 5.32 Å². The molecule has 0 spiro atoms. The first-order chi connectivity index (χ1) is 8.37. The standard InChI is InChI=1S/C11H10BrF3N2O/c1-18-10-3-2-7(4-8(10)12)9(5-16)17-6-11(13,14)15/h2-4,9,17H,6H2,1H3. The molecular formula is C11H10BrF3N2O. The Balaban J connectivity index is 2.83. The van der Waals surface area contributed by atoms with Crippen molar-refractivity contribution < 1.29 is 17.9 Å². The van der Waals surface area contributed by atoms with Gasteiger partial charge in [-0.2, -0.15) is 18.4 Å². The molecule has 0 amide bonds. The fourth-order valence-corrected chi connectivity index (χ4v) is 1.88. The van der Waals surface area contributed by atoms with E-state index < -0.39 is 18.8 Å². The summed E-state index contributed by atoms with van der Waals surface area (Å²) in [6.07, 6.45) is -4.35. The van der Waals surface area contributed by atoms with Crippen molar-refractivity contribution in [3.05, 3.63) is 28.2 Å². The van der Waals surface area contributed by atoms with Gasteiger partial charge < -0.3 is 4.74 Å².